The predicted octanol–water partition coefficient (Wildman–Crippen LogP) is 6.20. The monoisotopic (exact) mass is 500 g/mol. The van der Waals surface area contributed by atoms with Crippen LogP contribution in [0.2, 0.25) is 0 Å². The van der Waals surface area contributed by atoms with Gasteiger partial charge in [0.2, 0.25) is 0 Å². The zero-order valence-electron chi connectivity index (χ0n) is 20.9. The van der Waals surface area contributed by atoms with Crippen LogP contribution in [0.25, 0.3) is 43.7 Å². The molecule has 2 aromatic heterocycles. The summed E-state index contributed by atoms with van der Waals surface area (Å²) in [6, 6.07) is 31.9. The van der Waals surface area contributed by atoms with Gasteiger partial charge < -0.3 is 9.30 Å². The molecule has 6 heteroatoms. The molecule has 38 heavy (non-hydrogen) atoms. The molecule has 0 spiro atoms. The number of esters is 1. The average Bonchev–Trinajstić information content (AvgIpc) is 3.29. The number of carbonyl (C=O) groups excluding carboxylic acids is 2. The summed E-state index contributed by atoms with van der Waals surface area (Å²) in [7, 11) is 1.55. The van der Waals surface area contributed by atoms with Gasteiger partial charge >= 0.3 is 5.97 Å². The van der Waals surface area contributed by atoms with Crippen molar-refractivity contribution in [2.24, 2.45) is 7.05 Å². The second-order valence-electron chi connectivity index (χ2n) is 9.25. The fourth-order valence-electron chi connectivity index (χ4n) is 5.21. The number of hydrogen-bond acceptors (Lipinski definition) is 4. The first-order valence-electron chi connectivity index (χ1n) is 12.4. The number of nitrogens with zero attached hydrogens (tertiary/aromatic N) is 2. The minimum atomic E-state index is -1.10. The summed E-state index contributed by atoms with van der Waals surface area (Å²) in [6.45, 7) is 1.56. The van der Waals surface area contributed by atoms with Gasteiger partial charge in [0.1, 0.15) is 5.69 Å². The Morgan fingerprint density at radius 3 is 1.79 bits per heavy atom. The number of hydrogen-bond donors (Lipinski definition) is 0. The summed E-state index contributed by atoms with van der Waals surface area (Å²) in [5, 5.41) is 3.03. The van der Waals surface area contributed by atoms with E-state index in [0.29, 0.717) is 16.3 Å². The molecule has 6 rings (SSSR count). The van der Waals surface area contributed by atoms with Crippen molar-refractivity contribution < 1.29 is 14.3 Å². The summed E-state index contributed by atoms with van der Waals surface area (Å²) >= 11 is 0. The van der Waals surface area contributed by atoms with Gasteiger partial charge in [-0.1, -0.05) is 84.9 Å². The van der Waals surface area contributed by atoms with E-state index in [2.05, 4.69) is 0 Å². The predicted molar refractivity (Wildman–Crippen MR) is 150 cm³/mol. The third kappa shape index (κ3) is 3.61. The number of pyridine rings is 1. The van der Waals surface area contributed by atoms with E-state index in [1.54, 1.807) is 30.7 Å². The van der Waals surface area contributed by atoms with Crippen molar-refractivity contribution in [2.45, 2.75) is 13.0 Å². The van der Waals surface area contributed by atoms with E-state index in [4.69, 9.17) is 4.74 Å². The maximum atomic E-state index is 13.7. The molecule has 0 aliphatic carbocycles. The number of aromatic nitrogens is 2. The molecule has 0 aliphatic rings. The SMILES string of the molecule is CC(OC(=O)c1c(-c2ccccc2)c2ccccc2c(=O)n1C)C(=O)n1c2ccccc2c2ccccc21. The van der Waals surface area contributed by atoms with Gasteiger partial charge in [0.15, 0.2) is 6.10 Å². The second-order valence-corrected chi connectivity index (χ2v) is 9.25. The van der Waals surface area contributed by atoms with E-state index in [0.717, 1.165) is 27.4 Å². The van der Waals surface area contributed by atoms with Crippen LogP contribution in [-0.2, 0) is 11.8 Å². The van der Waals surface area contributed by atoms with E-state index in [1.165, 1.54) is 4.57 Å². The highest BCUT2D eigenvalue weighted by Crippen LogP contribution is 2.32. The van der Waals surface area contributed by atoms with E-state index < -0.39 is 12.1 Å². The molecule has 0 saturated carbocycles. The van der Waals surface area contributed by atoms with E-state index >= 15 is 0 Å². The number of para-hydroxylation sites is 2. The van der Waals surface area contributed by atoms with Crippen molar-refractivity contribution in [3.8, 4) is 11.1 Å². The van der Waals surface area contributed by atoms with Crippen LogP contribution in [0.15, 0.2) is 108 Å². The summed E-state index contributed by atoms with van der Waals surface area (Å²) < 4.78 is 8.71. The Labute approximate surface area is 218 Å². The summed E-state index contributed by atoms with van der Waals surface area (Å²) in [6.07, 6.45) is -1.10. The normalized spacial score (nSPS) is 12.2. The summed E-state index contributed by atoms with van der Waals surface area (Å²) in [5.74, 6) is -1.11. The van der Waals surface area contributed by atoms with Crippen LogP contribution < -0.4 is 5.56 Å². The Balaban J connectivity index is 1.46. The molecule has 0 saturated heterocycles. The highest BCUT2D eigenvalue weighted by molar-refractivity contribution is 6.14. The van der Waals surface area contributed by atoms with Gasteiger partial charge in [-0.25, -0.2) is 4.79 Å². The zero-order chi connectivity index (χ0) is 26.4. The molecule has 0 fully saturated rings. The van der Waals surface area contributed by atoms with Crippen LogP contribution >= 0.6 is 0 Å². The number of fused-ring (bicyclic) bond motifs is 4. The van der Waals surface area contributed by atoms with Crippen LogP contribution in [0.4, 0.5) is 0 Å². The first-order valence-corrected chi connectivity index (χ1v) is 12.4. The Morgan fingerprint density at radius 1 is 0.684 bits per heavy atom. The first-order chi connectivity index (χ1) is 18.5. The molecular weight excluding hydrogens is 476 g/mol. The molecule has 6 nitrogen and oxygen atoms in total. The summed E-state index contributed by atoms with van der Waals surface area (Å²) in [4.78, 5) is 40.7. The van der Waals surface area contributed by atoms with Crippen molar-refractivity contribution >= 4 is 44.5 Å². The minimum absolute atomic E-state index is 0.0989. The maximum Gasteiger partial charge on any atom is 0.356 e. The number of ether oxygens (including phenoxy) is 1. The Bertz CT molecular complexity index is 1880. The van der Waals surface area contributed by atoms with Crippen molar-refractivity contribution in [3.63, 3.8) is 0 Å². The van der Waals surface area contributed by atoms with Crippen LogP contribution in [-0.4, -0.2) is 27.1 Å². The van der Waals surface area contributed by atoms with Crippen LogP contribution in [0.3, 0.4) is 0 Å². The van der Waals surface area contributed by atoms with Crippen molar-refractivity contribution in [1.82, 2.24) is 9.13 Å². The third-order valence-corrected chi connectivity index (χ3v) is 6.99. The topological polar surface area (TPSA) is 70.3 Å². The number of carbonyl (C=O) groups is 2. The average molecular weight is 501 g/mol. The molecule has 0 amide bonds. The lowest BCUT2D eigenvalue weighted by atomic mass is 9.97. The molecule has 0 N–H and O–H groups in total. The van der Waals surface area contributed by atoms with Gasteiger partial charge in [-0.05, 0) is 36.1 Å². The first kappa shape index (κ1) is 23.4. The van der Waals surface area contributed by atoms with E-state index in [1.807, 2.05) is 91.0 Å². The number of rotatable bonds is 4. The lowest BCUT2D eigenvalue weighted by Crippen LogP contribution is -2.32. The highest BCUT2D eigenvalue weighted by atomic mass is 16.5. The zero-order valence-corrected chi connectivity index (χ0v) is 20.9. The molecule has 186 valence electrons. The molecule has 0 aliphatic heterocycles. The molecule has 1 atom stereocenters. The molecule has 4 aromatic carbocycles. The van der Waals surface area contributed by atoms with E-state index in [9.17, 15) is 14.4 Å². The quantitative estimate of drug-likeness (QED) is 0.270. The fourth-order valence-corrected chi connectivity index (χ4v) is 5.21. The van der Waals surface area contributed by atoms with Crippen molar-refractivity contribution in [1.29, 1.82) is 0 Å². The molecule has 0 radical (unpaired) electrons. The van der Waals surface area contributed by atoms with Gasteiger partial charge in [-0.15, -0.1) is 0 Å². The third-order valence-electron chi connectivity index (χ3n) is 6.99. The summed E-state index contributed by atoms with van der Waals surface area (Å²) in [5.41, 5.74) is 2.63. The molecule has 2 heterocycles. The Kier molecular flexibility index (Phi) is 5.65. The van der Waals surface area contributed by atoms with Gasteiger partial charge in [0, 0.05) is 28.8 Å². The molecular formula is C32H24N2O4. The van der Waals surface area contributed by atoms with Crippen molar-refractivity contribution in [2.75, 3.05) is 0 Å². The standard InChI is InChI=1S/C32H24N2O4/c1-20(30(35)34-26-18-10-8-14-22(26)23-15-9-11-19-27(23)34)38-32(37)29-28(21-12-4-3-5-13-21)24-16-6-7-17-25(24)31(36)33(29)2/h3-20H,1-2H3. The largest absolute Gasteiger partial charge is 0.448 e. The van der Waals surface area contributed by atoms with Crippen LogP contribution in [0.1, 0.15) is 22.2 Å². The lowest BCUT2D eigenvalue weighted by molar-refractivity contribution is 0.0279. The highest BCUT2D eigenvalue weighted by Gasteiger charge is 2.28. The minimum Gasteiger partial charge on any atom is -0.448 e. The lowest BCUT2D eigenvalue weighted by Gasteiger charge is -2.19. The fraction of sp³-hybridized carbons (Fsp3) is 0.0938. The second kappa shape index (κ2) is 9.16. The Hall–Kier alpha value is -4.97. The number of benzene rings is 4. The van der Waals surface area contributed by atoms with Gasteiger partial charge in [-0.3, -0.25) is 14.2 Å². The Morgan fingerprint density at radius 2 is 1.18 bits per heavy atom. The van der Waals surface area contributed by atoms with Crippen LogP contribution in [0.5, 0.6) is 0 Å². The van der Waals surface area contributed by atoms with Gasteiger partial charge in [0.05, 0.1) is 11.0 Å². The maximum absolute atomic E-state index is 13.7. The van der Waals surface area contributed by atoms with Crippen molar-refractivity contribution in [3.05, 3.63) is 119 Å². The molecule has 6 aromatic rings. The molecule has 1 unspecified atom stereocenters. The van der Waals surface area contributed by atoms with E-state index in [-0.39, 0.29) is 17.2 Å². The van der Waals surface area contributed by atoms with Gasteiger partial charge in [-0.2, -0.15) is 0 Å². The smallest absolute Gasteiger partial charge is 0.356 e. The molecule has 0 bridgehead atoms. The van der Waals surface area contributed by atoms with Gasteiger partial charge in [0.25, 0.3) is 11.5 Å². The van der Waals surface area contributed by atoms with Crippen LogP contribution in [0, 0.1) is 0 Å².